The predicted molar refractivity (Wildman–Crippen MR) is 83.8 cm³/mol. The maximum absolute atomic E-state index is 12.8. The molecule has 2 heterocycles. The number of aliphatic hydroxyl groups is 1. The Morgan fingerprint density at radius 1 is 1.29 bits per heavy atom. The molecule has 1 aromatic carbocycles. The first kappa shape index (κ1) is 17.5. The molecule has 3 rings (SSSR count). The van der Waals surface area contributed by atoms with Gasteiger partial charge in [-0.15, -0.1) is 0 Å². The third-order valence-electron chi connectivity index (χ3n) is 4.75. The molecule has 4 nitrogen and oxygen atoms in total. The fraction of sp³-hybridized carbons (Fsp3) is 0.562. The minimum Gasteiger partial charge on any atom is -0.393 e. The van der Waals surface area contributed by atoms with E-state index in [1.54, 1.807) is 0 Å². The standard InChI is InChI=1S/C16H18ClF3N2O2/c17-13-4-1-9(16(18,19)20)5-14(13)21-15(24)8-22-10-2-3-11(22)7-12(23)6-10/h1,4-5,10-12,23H,2-3,6-8H2,(H,21,24). The van der Waals surface area contributed by atoms with Crippen molar-refractivity contribution in [1.82, 2.24) is 4.90 Å². The first-order chi connectivity index (χ1) is 11.2. The summed E-state index contributed by atoms with van der Waals surface area (Å²) in [5, 5.41) is 12.3. The average Bonchev–Trinajstić information content (AvgIpc) is 2.71. The fourth-order valence-corrected chi connectivity index (χ4v) is 3.82. The van der Waals surface area contributed by atoms with Crippen LogP contribution in [0.2, 0.25) is 5.02 Å². The van der Waals surface area contributed by atoms with Crippen LogP contribution in [0.3, 0.4) is 0 Å². The highest BCUT2D eigenvalue weighted by Crippen LogP contribution is 2.36. The highest BCUT2D eigenvalue weighted by atomic mass is 35.5. The van der Waals surface area contributed by atoms with Crippen LogP contribution in [0.1, 0.15) is 31.2 Å². The fourth-order valence-electron chi connectivity index (χ4n) is 3.66. The molecule has 0 aliphatic carbocycles. The topological polar surface area (TPSA) is 52.6 Å². The number of halogens is 4. The van der Waals surface area contributed by atoms with Gasteiger partial charge in [-0.05, 0) is 43.9 Å². The molecule has 0 saturated carbocycles. The Morgan fingerprint density at radius 2 is 1.92 bits per heavy atom. The molecule has 2 atom stereocenters. The molecule has 1 amide bonds. The van der Waals surface area contributed by atoms with E-state index in [0.29, 0.717) is 12.8 Å². The Hall–Kier alpha value is -1.31. The van der Waals surface area contributed by atoms with Crippen molar-refractivity contribution < 1.29 is 23.1 Å². The highest BCUT2D eigenvalue weighted by Gasteiger charge is 2.40. The number of anilines is 1. The molecule has 0 spiro atoms. The van der Waals surface area contributed by atoms with Gasteiger partial charge in [0.2, 0.25) is 5.91 Å². The lowest BCUT2D eigenvalue weighted by Gasteiger charge is -2.36. The van der Waals surface area contributed by atoms with Crippen molar-refractivity contribution in [3.8, 4) is 0 Å². The minimum absolute atomic E-state index is 0.0408. The molecule has 8 heteroatoms. The van der Waals surface area contributed by atoms with Gasteiger partial charge in [-0.25, -0.2) is 0 Å². The average molecular weight is 363 g/mol. The molecule has 2 aliphatic heterocycles. The largest absolute Gasteiger partial charge is 0.416 e. The predicted octanol–water partition coefficient (Wildman–Crippen LogP) is 3.29. The second-order valence-electron chi connectivity index (χ2n) is 6.42. The third kappa shape index (κ3) is 3.68. The number of nitrogens with one attached hydrogen (secondary N) is 1. The monoisotopic (exact) mass is 362 g/mol. The van der Waals surface area contributed by atoms with E-state index in [1.165, 1.54) is 0 Å². The van der Waals surface area contributed by atoms with Crippen LogP contribution in [0.5, 0.6) is 0 Å². The Kier molecular flexibility index (Phi) is 4.77. The van der Waals surface area contributed by atoms with E-state index in [1.807, 2.05) is 4.90 Å². The first-order valence-corrected chi connectivity index (χ1v) is 8.22. The van der Waals surface area contributed by atoms with E-state index >= 15 is 0 Å². The molecule has 2 saturated heterocycles. The van der Waals surface area contributed by atoms with Crippen LogP contribution in [0.15, 0.2) is 18.2 Å². The number of fused-ring (bicyclic) bond motifs is 2. The molecular formula is C16H18ClF3N2O2. The van der Waals surface area contributed by atoms with Gasteiger partial charge >= 0.3 is 6.18 Å². The number of nitrogens with zero attached hydrogens (tertiary/aromatic N) is 1. The van der Waals surface area contributed by atoms with Crippen LogP contribution in [0, 0.1) is 0 Å². The van der Waals surface area contributed by atoms with E-state index in [0.717, 1.165) is 31.0 Å². The van der Waals surface area contributed by atoms with E-state index < -0.39 is 17.6 Å². The number of amides is 1. The second-order valence-corrected chi connectivity index (χ2v) is 6.83. The lowest BCUT2D eigenvalue weighted by molar-refractivity contribution is -0.137. The van der Waals surface area contributed by atoms with Gasteiger partial charge in [-0.1, -0.05) is 11.6 Å². The molecular weight excluding hydrogens is 345 g/mol. The summed E-state index contributed by atoms with van der Waals surface area (Å²) in [6.07, 6.45) is -1.70. The summed E-state index contributed by atoms with van der Waals surface area (Å²) in [6.45, 7) is 0.0919. The van der Waals surface area contributed by atoms with E-state index in [9.17, 15) is 23.1 Å². The molecule has 24 heavy (non-hydrogen) atoms. The lowest BCUT2D eigenvalue weighted by Crippen LogP contribution is -2.47. The Labute approximate surface area is 142 Å². The maximum atomic E-state index is 12.8. The zero-order chi connectivity index (χ0) is 17.5. The van der Waals surface area contributed by atoms with Crippen molar-refractivity contribution in [2.75, 3.05) is 11.9 Å². The van der Waals surface area contributed by atoms with Crippen molar-refractivity contribution in [3.63, 3.8) is 0 Å². The van der Waals surface area contributed by atoms with Crippen molar-refractivity contribution in [2.45, 2.75) is 50.0 Å². The Bertz CT molecular complexity index is 624. The number of carbonyl (C=O) groups is 1. The van der Waals surface area contributed by atoms with Gasteiger partial charge < -0.3 is 10.4 Å². The van der Waals surface area contributed by atoms with Crippen LogP contribution in [-0.4, -0.2) is 40.6 Å². The molecule has 2 bridgehead atoms. The quantitative estimate of drug-likeness (QED) is 0.867. The summed E-state index contributed by atoms with van der Waals surface area (Å²) < 4.78 is 38.3. The van der Waals surface area contributed by atoms with Crippen LogP contribution in [0.25, 0.3) is 0 Å². The van der Waals surface area contributed by atoms with E-state index in [4.69, 9.17) is 11.6 Å². The number of alkyl halides is 3. The molecule has 2 N–H and O–H groups in total. The molecule has 2 fully saturated rings. The van der Waals surface area contributed by atoms with E-state index in [2.05, 4.69) is 5.32 Å². The number of aliphatic hydroxyl groups excluding tert-OH is 1. The Morgan fingerprint density at radius 3 is 2.50 bits per heavy atom. The molecule has 0 aromatic heterocycles. The van der Waals surface area contributed by atoms with Crippen LogP contribution >= 0.6 is 11.6 Å². The molecule has 2 unspecified atom stereocenters. The van der Waals surface area contributed by atoms with Gasteiger partial charge in [0.1, 0.15) is 0 Å². The number of piperidine rings is 1. The smallest absolute Gasteiger partial charge is 0.393 e. The van der Waals surface area contributed by atoms with Gasteiger partial charge in [-0.2, -0.15) is 13.2 Å². The van der Waals surface area contributed by atoms with Gasteiger partial charge in [0.15, 0.2) is 0 Å². The molecule has 2 aliphatic rings. The number of hydrogen-bond acceptors (Lipinski definition) is 3. The van der Waals surface area contributed by atoms with Gasteiger partial charge in [0.05, 0.1) is 28.9 Å². The summed E-state index contributed by atoms with van der Waals surface area (Å²) >= 11 is 5.89. The normalized spacial score (nSPS) is 27.3. The SMILES string of the molecule is O=C(CN1C2CCC1CC(O)C2)Nc1cc(C(F)(F)F)ccc1Cl. The number of benzene rings is 1. The van der Waals surface area contributed by atoms with Crippen molar-refractivity contribution in [1.29, 1.82) is 0 Å². The number of hydrogen-bond donors (Lipinski definition) is 2. The number of rotatable bonds is 3. The van der Waals surface area contributed by atoms with Crippen LogP contribution in [0.4, 0.5) is 18.9 Å². The van der Waals surface area contributed by atoms with Gasteiger partial charge in [0.25, 0.3) is 0 Å². The van der Waals surface area contributed by atoms with Crippen molar-refractivity contribution in [2.24, 2.45) is 0 Å². The zero-order valence-corrected chi connectivity index (χ0v) is 13.6. The first-order valence-electron chi connectivity index (χ1n) is 7.84. The second kappa shape index (κ2) is 6.54. The lowest BCUT2D eigenvalue weighted by atomic mass is 10.00. The minimum atomic E-state index is -4.49. The summed E-state index contributed by atoms with van der Waals surface area (Å²) in [4.78, 5) is 14.3. The third-order valence-corrected chi connectivity index (χ3v) is 5.08. The zero-order valence-electron chi connectivity index (χ0n) is 12.8. The van der Waals surface area contributed by atoms with E-state index in [-0.39, 0.29) is 35.4 Å². The molecule has 1 aromatic rings. The summed E-state index contributed by atoms with van der Waals surface area (Å²) in [5.74, 6) is -0.399. The van der Waals surface area contributed by atoms with Crippen molar-refractivity contribution >= 4 is 23.2 Å². The number of carbonyl (C=O) groups excluding carboxylic acids is 1. The van der Waals surface area contributed by atoms with Gasteiger partial charge in [0, 0.05) is 12.1 Å². The summed E-state index contributed by atoms with van der Waals surface area (Å²) in [5.41, 5.74) is -0.899. The maximum Gasteiger partial charge on any atom is 0.416 e. The highest BCUT2D eigenvalue weighted by molar-refractivity contribution is 6.33. The van der Waals surface area contributed by atoms with Crippen LogP contribution in [-0.2, 0) is 11.0 Å². The van der Waals surface area contributed by atoms with Crippen molar-refractivity contribution in [3.05, 3.63) is 28.8 Å². The van der Waals surface area contributed by atoms with Crippen LogP contribution < -0.4 is 5.32 Å². The molecule has 0 radical (unpaired) electrons. The summed E-state index contributed by atoms with van der Waals surface area (Å²) in [7, 11) is 0. The summed E-state index contributed by atoms with van der Waals surface area (Å²) in [6, 6.07) is 3.16. The Balaban J connectivity index is 1.67. The molecule has 132 valence electrons. The van der Waals surface area contributed by atoms with Gasteiger partial charge in [-0.3, -0.25) is 9.69 Å².